The predicted octanol–water partition coefficient (Wildman–Crippen LogP) is 3.82. The van der Waals surface area contributed by atoms with Gasteiger partial charge < -0.3 is 5.32 Å². The van der Waals surface area contributed by atoms with E-state index in [0.717, 1.165) is 18.7 Å². The van der Waals surface area contributed by atoms with Crippen molar-refractivity contribution in [2.24, 2.45) is 0 Å². The van der Waals surface area contributed by atoms with Crippen LogP contribution in [0.5, 0.6) is 0 Å². The van der Waals surface area contributed by atoms with E-state index in [4.69, 9.17) is 0 Å². The van der Waals surface area contributed by atoms with Crippen LogP contribution in [0.2, 0.25) is 0 Å². The summed E-state index contributed by atoms with van der Waals surface area (Å²) >= 11 is 0. The highest BCUT2D eigenvalue weighted by Gasteiger charge is 2.03. The van der Waals surface area contributed by atoms with Crippen molar-refractivity contribution in [2.45, 2.75) is 45.4 Å². The molecule has 100 valence electrons. The highest BCUT2D eigenvalue weighted by atomic mass is 16.1. The first-order chi connectivity index (χ1) is 8.84. The average molecular weight is 247 g/mol. The van der Waals surface area contributed by atoms with Crippen molar-refractivity contribution in [1.29, 1.82) is 0 Å². The monoisotopic (exact) mass is 247 g/mol. The molecule has 0 aliphatic rings. The van der Waals surface area contributed by atoms with Gasteiger partial charge in [-0.15, -0.1) is 0 Å². The minimum atomic E-state index is 0.231. The number of carbonyl (C=O) groups is 1. The number of benzene rings is 1. The van der Waals surface area contributed by atoms with E-state index in [2.05, 4.69) is 12.2 Å². The lowest BCUT2D eigenvalue weighted by molar-refractivity contribution is 0.0982. The molecule has 18 heavy (non-hydrogen) atoms. The van der Waals surface area contributed by atoms with Crippen LogP contribution in [0.4, 0.5) is 0 Å². The molecule has 1 aromatic rings. The van der Waals surface area contributed by atoms with Gasteiger partial charge in [-0.05, 0) is 13.0 Å². The van der Waals surface area contributed by atoms with Gasteiger partial charge in [-0.3, -0.25) is 4.79 Å². The number of hydrogen-bond donors (Lipinski definition) is 1. The molecule has 2 nitrogen and oxygen atoms in total. The molecule has 0 aliphatic carbocycles. The second-order valence-corrected chi connectivity index (χ2v) is 4.70. The number of hydrogen-bond acceptors (Lipinski definition) is 2. The number of ketones is 1. The van der Waals surface area contributed by atoms with Crippen molar-refractivity contribution in [3.63, 3.8) is 0 Å². The molecule has 0 saturated carbocycles. The highest BCUT2D eigenvalue weighted by Crippen LogP contribution is 2.03. The van der Waals surface area contributed by atoms with Crippen molar-refractivity contribution in [3.8, 4) is 0 Å². The number of rotatable bonds is 10. The fourth-order valence-electron chi connectivity index (χ4n) is 1.95. The van der Waals surface area contributed by atoms with Crippen LogP contribution < -0.4 is 5.32 Å². The summed E-state index contributed by atoms with van der Waals surface area (Å²) in [5.74, 6) is 0.231. The van der Waals surface area contributed by atoms with Gasteiger partial charge in [0.05, 0.1) is 0 Å². The number of carbonyl (C=O) groups excluding carboxylic acids is 1. The lowest BCUT2D eigenvalue weighted by Crippen LogP contribution is -2.19. The summed E-state index contributed by atoms with van der Waals surface area (Å²) in [6.45, 7) is 4.06. The fraction of sp³-hybridized carbons (Fsp3) is 0.562. The van der Waals surface area contributed by atoms with Crippen LogP contribution in [-0.4, -0.2) is 18.9 Å². The van der Waals surface area contributed by atoms with Crippen LogP contribution in [-0.2, 0) is 0 Å². The zero-order chi connectivity index (χ0) is 13.1. The highest BCUT2D eigenvalue weighted by molar-refractivity contribution is 5.96. The maximum atomic E-state index is 11.8. The Morgan fingerprint density at radius 2 is 1.72 bits per heavy atom. The standard InChI is InChI=1S/C16H25NO/c1-2-3-4-5-9-13-17-14-12-16(18)15-10-7-6-8-11-15/h6-8,10-11,17H,2-5,9,12-14H2,1H3. The molecular weight excluding hydrogens is 222 g/mol. The molecule has 0 unspecified atom stereocenters. The maximum absolute atomic E-state index is 11.8. The maximum Gasteiger partial charge on any atom is 0.164 e. The van der Waals surface area contributed by atoms with Crippen LogP contribution in [0, 0.1) is 0 Å². The van der Waals surface area contributed by atoms with Gasteiger partial charge in [0.1, 0.15) is 0 Å². The molecule has 1 rings (SSSR count). The Labute approximate surface area is 111 Å². The summed E-state index contributed by atoms with van der Waals surface area (Å²) in [6.07, 6.45) is 7.08. The number of unbranched alkanes of at least 4 members (excludes halogenated alkanes) is 4. The van der Waals surface area contributed by atoms with E-state index in [0.29, 0.717) is 6.42 Å². The second kappa shape index (κ2) is 9.84. The molecule has 0 radical (unpaired) electrons. The Morgan fingerprint density at radius 1 is 1.00 bits per heavy atom. The third kappa shape index (κ3) is 6.55. The molecule has 0 amide bonds. The first-order valence-electron chi connectivity index (χ1n) is 7.13. The number of Topliss-reactive ketones (excluding diaryl/α,β-unsaturated/α-hetero) is 1. The van der Waals surface area contributed by atoms with Gasteiger partial charge in [0.2, 0.25) is 0 Å². The van der Waals surface area contributed by atoms with E-state index in [1.54, 1.807) is 0 Å². The Morgan fingerprint density at radius 3 is 2.44 bits per heavy atom. The van der Waals surface area contributed by atoms with E-state index >= 15 is 0 Å². The SMILES string of the molecule is CCCCCCCNCCC(=O)c1ccccc1. The molecule has 0 aromatic heterocycles. The van der Waals surface area contributed by atoms with E-state index < -0.39 is 0 Å². The molecular formula is C16H25NO. The van der Waals surface area contributed by atoms with Crippen LogP contribution in [0.25, 0.3) is 0 Å². The van der Waals surface area contributed by atoms with Crippen molar-refractivity contribution in [2.75, 3.05) is 13.1 Å². The van der Waals surface area contributed by atoms with Crippen molar-refractivity contribution in [3.05, 3.63) is 35.9 Å². The largest absolute Gasteiger partial charge is 0.316 e. The Hall–Kier alpha value is -1.15. The molecule has 2 heteroatoms. The van der Waals surface area contributed by atoms with Crippen molar-refractivity contribution in [1.82, 2.24) is 5.32 Å². The van der Waals surface area contributed by atoms with E-state index in [-0.39, 0.29) is 5.78 Å². The lowest BCUT2D eigenvalue weighted by atomic mass is 10.1. The smallest absolute Gasteiger partial charge is 0.164 e. The molecule has 0 bridgehead atoms. The molecule has 1 aromatic carbocycles. The zero-order valence-corrected chi connectivity index (χ0v) is 11.5. The van der Waals surface area contributed by atoms with Gasteiger partial charge >= 0.3 is 0 Å². The first kappa shape index (κ1) is 14.9. The quantitative estimate of drug-likeness (QED) is 0.503. The van der Waals surface area contributed by atoms with Gasteiger partial charge in [0.25, 0.3) is 0 Å². The average Bonchev–Trinajstić information content (AvgIpc) is 2.42. The molecule has 0 saturated heterocycles. The van der Waals surface area contributed by atoms with Crippen LogP contribution in [0.1, 0.15) is 55.8 Å². The van der Waals surface area contributed by atoms with E-state index in [1.807, 2.05) is 30.3 Å². The van der Waals surface area contributed by atoms with Crippen LogP contribution >= 0.6 is 0 Å². The Bertz CT molecular complexity index is 321. The predicted molar refractivity (Wildman–Crippen MR) is 77.0 cm³/mol. The molecule has 0 aliphatic heterocycles. The number of nitrogens with one attached hydrogen (secondary N) is 1. The van der Waals surface area contributed by atoms with Gasteiger partial charge in [-0.2, -0.15) is 0 Å². The molecule has 0 spiro atoms. The topological polar surface area (TPSA) is 29.1 Å². The second-order valence-electron chi connectivity index (χ2n) is 4.70. The van der Waals surface area contributed by atoms with Crippen molar-refractivity contribution >= 4 is 5.78 Å². The normalized spacial score (nSPS) is 10.5. The zero-order valence-electron chi connectivity index (χ0n) is 11.5. The third-order valence-electron chi connectivity index (χ3n) is 3.08. The third-order valence-corrected chi connectivity index (χ3v) is 3.08. The van der Waals surface area contributed by atoms with E-state index in [1.165, 1.54) is 32.1 Å². The minimum absolute atomic E-state index is 0.231. The summed E-state index contributed by atoms with van der Waals surface area (Å²) < 4.78 is 0. The molecule has 0 fully saturated rings. The first-order valence-corrected chi connectivity index (χ1v) is 7.13. The summed E-state index contributed by atoms with van der Waals surface area (Å²) in [7, 11) is 0. The summed E-state index contributed by atoms with van der Waals surface area (Å²) in [6, 6.07) is 9.52. The minimum Gasteiger partial charge on any atom is -0.316 e. The summed E-state index contributed by atoms with van der Waals surface area (Å²) in [5, 5.41) is 3.34. The van der Waals surface area contributed by atoms with Crippen LogP contribution in [0.15, 0.2) is 30.3 Å². The van der Waals surface area contributed by atoms with Gasteiger partial charge in [-0.1, -0.05) is 62.9 Å². The van der Waals surface area contributed by atoms with Gasteiger partial charge in [-0.25, -0.2) is 0 Å². The summed E-state index contributed by atoms with van der Waals surface area (Å²) in [5.41, 5.74) is 0.822. The van der Waals surface area contributed by atoms with Crippen LogP contribution in [0.3, 0.4) is 0 Å². The molecule has 0 heterocycles. The molecule has 0 atom stereocenters. The molecule has 1 N–H and O–H groups in total. The Kier molecular flexibility index (Phi) is 8.15. The van der Waals surface area contributed by atoms with Crippen molar-refractivity contribution < 1.29 is 4.79 Å². The summed E-state index contributed by atoms with van der Waals surface area (Å²) in [4.78, 5) is 11.8. The van der Waals surface area contributed by atoms with Gasteiger partial charge in [0, 0.05) is 18.5 Å². The van der Waals surface area contributed by atoms with E-state index in [9.17, 15) is 4.79 Å². The van der Waals surface area contributed by atoms with Gasteiger partial charge in [0.15, 0.2) is 5.78 Å². The lowest BCUT2D eigenvalue weighted by Gasteiger charge is -2.04. The Balaban J connectivity index is 2.00. The fourth-order valence-corrected chi connectivity index (χ4v) is 1.95.